The average molecular weight is 440 g/mol. The van der Waals surface area contributed by atoms with Gasteiger partial charge in [-0.3, -0.25) is 9.78 Å². The first-order valence-corrected chi connectivity index (χ1v) is 11.2. The maximum Gasteiger partial charge on any atom is 0.245 e. The van der Waals surface area contributed by atoms with Crippen molar-refractivity contribution in [3.63, 3.8) is 0 Å². The van der Waals surface area contributed by atoms with Crippen molar-refractivity contribution in [3.8, 4) is 5.75 Å². The molecule has 0 aliphatic carbocycles. The van der Waals surface area contributed by atoms with E-state index < -0.39 is 10.0 Å². The summed E-state index contributed by atoms with van der Waals surface area (Å²) in [6.45, 7) is 2.04. The normalized spacial score (nSPS) is 11.3. The summed E-state index contributed by atoms with van der Waals surface area (Å²) in [4.78, 5) is 16.5. The molecule has 0 aliphatic rings. The van der Waals surface area contributed by atoms with Gasteiger partial charge in [0.25, 0.3) is 0 Å². The van der Waals surface area contributed by atoms with Crippen LogP contribution in [-0.2, 0) is 27.9 Å². The van der Waals surface area contributed by atoms with Crippen LogP contribution in [0.15, 0.2) is 78.0 Å². The van der Waals surface area contributed by atoms with Crippen LogP contribution in [0.25, 0.3) is 0 Å². The molecule has 1 N–H and O–H groups in total. The molecule has 0 bridgehead atoms. The van der Waals surface area contributed by atoms with Gasteiger partial charge >= 0.3 is 0 Å². The smallest absolute Gasteiger partial charge is 0.245 e. The molecule has 7 nitrogen and oxygen atoms in total. The van der Waals surface area contributed by atoms with Gasteiger partial charge < -0.3 is 10.1 Å². The molecule has 0 unspecified atom stereocenters. The minimum atomic E-state index is -3.92. The van der Waals surface area contributed by atoms with Crippen LogP contribution in [0.3, 0.4) is 0 Å². The van der Waals surface area contributed by atoms with Crippen LogP contribution < -0.4 is 10.1 Å². The summed E-state index contributed by atoms with van der Waals surface area (Å²) >= 11 is 0. The van der Waals surface area contributed by atoms with E-state index in [4.69, 9.17) is 4.74 Å². The number of aromatic nitrogens is 1. The van der Waals surface area contributed by atoms with Gasteiger partial charge in [0, 0.05) is 25.5 Å². The molecule has 3 aromatic rings. The van der Waals surface area contributed by atoms with Crippen LogP contribution >= 0.6 is 0 Å². The molecule has 0 spiro atoms. The molecule has 0 atom stereocenters. The first-order chi connectivity index (χ1) is 14.9. The van der Waals surface area contributed by atoms with Gasteiger partial charge in [-0.2, -0.15) is 4.31 Å². The number of amides is 1. The Hall–Kier alpha value is -3.23. The molecule has 1 heterocycles. The molecule has 162 valence electrons. The number of sulfonamides is 1. The lowest BCUT2D eigenvalue weighted by molar-refractivity contribution is -0.121. The molecular weight excluding hydrogens is 414 g/mol. The molecule has 8 heteroatoms. The maximum absolute atomic E-state index is 13.2. The minimum Gasteiger partial charge on any atom is -0.497 e. The number of benzene rings is 2. The predicted molar refractivity (Wildman–Crippen MR) is 118 cm³/mol. The standard InChI is InChI=1S/C23H25N3O4S/c1-18-5-7-19(8-6-18)14-25-23(27)17-26(16-20-9-11-21(30-2)12-10-20)31(28,29)22-4-3-13-24-15-22/h3-13,15H,14,16-17H2,1-2H3,(H,25,27). The molecule has 0 radical (unpaired) electrons. The van der Waals surface area contributed by atoms with Crippen molar-refractivity contribution in [2.24, 2.45) is 0 Å². The number of pyridine rings is 1. The third kappa shape index (κ3) is 6.13. The molecule has 0 fully saturated rings. The lowest BCUT2D eigenvalue weighted by Crippen LogP contribution is -2.40. The van der Waals surface area contributed by atoms with Crippen LogP contribution in [0.1, 0.15) is 16.7 Å². The Morgan fingerprint density at radius 2 is 1.71 bits per heavy atom. The van der Waals surface area contributed by atoms with Crippen molar-refractivity contribution < 1.29 is 17.9 Å². The summed E-state index contributed by atoms with van der Waals surface area (Å²) in [5.74, 6) is 0.280. The van der Waals surface area contributed by atoms with Gasteiger partial charge in [0.2, 0.25) is 15.9 Å². The number of hydrogen-bond acceptors (Lipinski definition) is 5. The van der Waals surface area contributed by atoms with Crippen molar-refractivity contribution in [1.29, 1.82) is 0 Å². The highest BCUT2D eigenvalue weighted by atomic mass is 32.2. The van der Waals surface area contributed by atoms with E-state index in [9.17, 15) is 13.2 Å². The molecular formula is C23H25N3O4S. The molecule has 2 aromatic carbocycles. The molecule has 3 rings (SSSR count). The van der Waals surface area contributed by atoms with E-state index in [0.29, 0.717) is 12.3 Å². The van der Waals surface area contributed by atoms with E-state index in [1.165, 1.54) is 18.5 Å². The van der Waals surface area contributed by atoms with E-state index in [-0.39, 0.29) is 23.9 Å². The SMILES string of the molecule is COc1ccc(CN(CC(=O)NCc2ccc(C)cc2)S(=O)(=O)c2cccnc2)cc1. The van der Waals surface area contributed by atoms with Gasteiger partial charge in [0.15, 0.2) is 0 Å². The van der Waals surface area contributed by atoms with Gasteiger partial charge in [-0.25, -0.2) is 8.42 Å². The average Bonchev–Trinajstić information content (AvgIpc) is 2.79. The van der Waals surface area contributed by atoms with Crippen LogP contribution in [-0.4, -0.2) is 37.3 Å². The summed E-state index contributed by atoms with van der Waals surface area (Å²) in [6, 6.07) is 17.8. The summed E-state index contributed by atoms with van der Waals surface area (Å²) < 4.78 is 32.7. The number of carbonyl (C=O) groups excluding carboxylic acids is 1. The van der Waals surface area contributed by atoms with E-state index >= 15 is 0 Å². The summed E-state index contributed by atoms with van der Waals surface area (Å²) in [7, 11) is -2.36. The number of nitrogens with zero attached hydrogens (tertiary/aromatic N) is 2. The minimum absolute atomic E-state index is 0.0369. The van der Waals surface area contributed by atoms with E-state index in [1.807, 2.05) is 31.2 Å². The number of carbonyl (C=O) groups is 1. The Bertz CT molecular complexity index is 1100. The Balaban J connectivity index is 1.77. The number of rotatable bonds is 9. The largest absolute Gasteiger partial charge is 0.497 e. The van der Waals surface area contributed by atoms with Crippen molar-refractivity contribution in [2.45, 2.75) is 24.9 Å². The topological polar surface area (TPSA) is 88.6 Å². The lowest BCUT2D eigenvalue weighted by atomic mass is 10.1. The van der Waals surface area contributed by atoms with Crippen LogP contribution in [0.4, 0.5) is 0 Å². The molecule has 0 saturated heterocycles. The predicted octanol–water partition coefficient (Wildman–Crippen LogP) is 2.91. The first-order valence-electron chi connectivity index (χ1n) is 9.74. The molecule has 31 heavy (non-hydrogen) atoms. The highest BCUT2D eigenvalue weighted by Gasteiger charge is 2.27. The Morgan fingerprint density at radius 1 is 1.03 bits per heavy atom. The third-order valence-corrected chi connectivity index (χ3v) is 6.50. The van der Waals surface area contributed by atoms with Gasteiger partial charge in [-0.15, -0.1) is 0 Å². The zero-order chi connectivity index (χ0) is 22.3. The summed E-state index contributed by atoms with van der Waals surface area (Å²) in [6.07, 6.45) is 2.78. The third-order valence-electron chi connectivity index (χ3n) is 4.72. The van der Waals surface area contributed by atoms with E-state index in [0.717, 1.165) is 21.0 Å². The fourth-order valence-electron chi connectivity index (χ4n) is 2.93. The Kier molecular flexibility index (Phi) is 7.38. The molecule has 1 aromatic heterocycles. The molecule has 0 saturated carbocycles. The highest BCUT2D eigenvalue weighted by molar-refractivity contribution is 7.89. The molecule has 0 aliphatic heterocycles. The Labute approximate surface area is 182 Å². The number of methoxy groups -OCH3 is 1. The van der Waals surface area contributed by atoms with E-state index in [2.05, 4.69) is 10.3 Å². The second-order valence-corrected chi connectivity index (χ2v) is 9.01. The quantitative estimate of drug-likeness (QED) is 0.554. The van der Waals surface area contributed by atoms with E-state index in [1.54, 1.807) is 37.4 Å². The monoisotopic (exact) mass is 439 g/mol. The van der Waals surface area contributed by atoms with Gasteiger partial charge in [0.05, 0.1) is 13.7 Å². The fourth-order valence-corrected chi connectivity index (χ4v) is 4.28. The van der Waals surface area contributed by atoms with Crippen LogP contribution in [0.5, 0.6) is 5.75 Å². The van der Waals surface area contributed by atoms with Gasteiger partial charge in [-0.05, 0) is 42.3 Å². The van der Waals surface area contributed by atoms with Crippen molar-refractivity contribution in [1.82, 2.24) is 14.6 Å². The lowest BCUT2D eigenvalue weighted by Gasteiger charge is -2.22. The van der Waals surface area contributed by atoms with Crippen molar-refractivity contribution >= 4 is 15.9 Å². The van der Waals surface area contributed by atoms with Crippen LogP contribution in [0, 0.1) is 6.92 Å². The van der Waals surface area contributed by atoms with Crippen molar-refractivity contribution in [2.75, 3.05) is 13.7 Å². The summed E-state index contributed by atoms with van der Waals surface area (Å²) in [5.41, 5.74) is 2.80. The number of nitrogens with one attached hydrogen (secondary N) is 1. The van der Waals surface area contributed by atoms with Crippen LogP contribution in [0.2, 0.25) is 0 Å². The first kappa shape index (κ1) is 22.5. The zero-order valence-electron chi connectivity index (χ0n) is 17.5. The number of aryl methyl sites for hydroxylation is 1. The highest BCUT2D eigenvalue weighted by Crippen LogP contribution is 2.19. The number of ether oxygens (including phenoxy) is 1. The zero-order valence-corrected chi connectivity index (χ0v) is 18.3. The second kappa shape index (κ2) is 10.2. The Morgan fingerprint density at radius 3 is 2.32 bits per heavy atom. The maximum atomic E-state index is 13.2. The van der Waals surface area contributed by atoms with Gasteiger partial charge in [0.1, 0.15) is 10.6 Å². The fraction of sp³-hybridized carbons (Fsp3) is 0.217. The number of hydrogen-bond donors (Lipinski definition) is 1. The van der Waals surface area contributed by atoms with Gasteiger partial charge in [-0.1, -0.05) is 42.0 Å². The van der Waals surface area contributed by atoms with Crippen molar-refractivity contribution in [3.05, 3.63) is 89.7 Å². The second-order valence-electron chi connectivity index (χ2n) is 7.07. The summed E-state index contributed by atoms with van der Waals surface area (Å²) in [5, 5.41) is 2.80. The molecule has 1 amide bonds.